The van der Waals surface area contributed by atoms with E-state index in [-0.39, 0.29) is 25.5 Å². The summed E-state index contributed by atoms with van der Waals surface area (Å²) in [6.07, 6.45) is 4.01. The van der Waals surface area contributed by atoms with Gasteiger partial charge in [-0.25, -0.2) is 4.98 Å². The second-order valence-electron chi connectivity index (χ2n) is 4.65. The first-order valence-electron chi connectivity index (χ1n) is 6.79. The zero-order valence-electron chi connectivity index (χ0n) is 11.7. The fraction of sp³-hybridized carbons (Fsp3) is 0.200. The van der Waals surface area contributed by atoms with Gasteiger partial charge in [0.25, 0.3) is 0 Å². The molecule has 1 amide bonds. The van der Waals surface area contributed by atoms with Crippen molar-refractivity contribution in [1.29, 1.82) is 0 Å². The average molecular weight is 317 g/mol. The van der Waals surface area contributed by atoms with Crippen LogP contribution in [0.5, 0.6) is 5.75 Å². The number of nitrogens with zero attached hydrogens (tertiary/aromatic N) is 2. The largest absolute Gasteiger partial charge is 0.491 e. The molecule has 6 nitrogen and oxygen atoms in total. The minimum atomic E-state index is -0.116. The van der Waals surface area contributed by atoms with Gasteiger partial charge >= 0.3 is 0 Å². The third kappa shape index (κ3) is 3.44. The number of aliphatic hydroxyl groups is 1. The molecule has 22 heavy (non-hydrogen) atoms. The van der Waals surface area contributed by atoms with Crippen molar-refractivity contribution in [3.63, 3.8) is 0 Å². The molecular weight excluding hydrogens is 302 g/mol. The molecule has 0 aliphatic rings. The third-order valence-corrected chi connectivity index (χ3v) is 3.75. The first kappa shape index (κ1) is 14.6. The van der Waals surface area contributed by atoms with Gasteiger partial charge in [-0.05, 0) is 24.3 Å². The van der Waals surface area contributed by atoms with E-state index in [9.17, 15) is 4.79 Å². The molecule has 2 heterocycles. The molecule has 0 fully saturated rings. The van der Waals surface area contributed by atoms with Gasteiger partial charge in [0.1, 0.15) is 12.4 Å². The van der Waals surface area contributed by atoms with Gasteiger partial charge in [-0.15, -0.1) is 11.3 Å². The van der Waals surface area contributed by atoms with Gasteiger partial charge in [-0.1, -0.05) is 0 Å². The van der Waals surface area contributed by atoms with Crippen molar-refractivity contribution >= 4 is 27.9 Å². The van der Waals surface area contributed by atoms with Gasteiger partial charge in [-0.2, -0.15) is 0 Å². The lowest BCUT2D eigenvalue weighted by atomic mass is 10.2. The molecule has 0 saturated carbocycles. The molecule has 0 aliphatic carbocycles. The van der Waals surface area contributed by atoms with Crippen LogP contribution in [0.4, 0.5) is 5.69 Å². The summed E-state index contributed by atoms with van der Waals surface area (Å²) in [6, 6.07) is 7.02. The van der Waals surface area contributed by atoms with E-state index >= 15 is 0 Å². The lowest BCUT2D eigenvalue weighted by Crippen LogP contribution is -2.14. The van der Waals surface area contributed by atoms with Crippen LogP contribution in [-0.4, -0.2) is 33.6 Å². The van der Waals surface area contributed by atoms with Crippen molar-refractivity contribution < 1.29 is 14.6 Å². The van der Waals surface area contributed by atoms with E-state index < -0.39 is 0 Å². The number of rotatable bonds is 6. The Bertz CT molecular complexity index is 735. The van der Waals surface area contributed by atoms with Crippen molar-refractivity contribution in [3.05, 3.63) is 47.7 Å². The molecule has 0 unspecified atom stereocenters. The van der Waals surface area contributed by atoms with Gasteiger partial charge in [0, 0.05) is 23.5 Å². The van der Waals surface area contributed by atoms with Gasteiger partial charge in [-0.3, -0.25) is 9.20 Å². The zero-order valence-corrected chi connectivity index (χ0v) is 12.5. The maximum atomic E-state index is 12.0. The van der Waals surface area contributed by atoms with Crippen molar-refractivity contribution in [2.24, 2.45) is 0 Å². The average Bonchev–Trinajstić information content (AvgIpc) is 3.07. The first-order chi connectivity index (χ1) is 10.7. The molecule has 7 heteroatoms. The number of aromatic nitrogens is 2. The van der Waals surface area contributed by atoms with E-state index in [0.29, 0.717) is 11.4 Å². The van der Waals surface area contributed by atoms with Crippen molar-refractivity contribution in [2.75, 3.05) is 18.5 Å². The van der Waals surface area contributed by atoms with E-state index in [1.807, 2.05) is 22.2 Å². The normalized spacial score (nSPS) is 10.8. The van der Waals surface area contributed by atoms with Crippen LogP contribution < -0.4 is 10.1 Å². The molecule has 0 aliphatic heterocycles. The first-order valence-corrected chi connectivity index (χ1v) is 7.67. The molecule has 0 atom stereocenters. The summed E-state index contributed by atoms with van der Waals surface area (Å²) in [7, 11) is 0. The molecular formula is C15H15N3O3S. The number of ether oxygens (including phenoxy) is 1. The highest BCUT2D eigenvalue weighted by atomic mass is 32.1. The van der Waals surface area contributed by atoms with Crippen LogP contribution in [0, 0.1) is 0 Å². The van der Waals surface area contributed by atoms with E-state index in [1.165, 1.54) is 11.3 Å². The number of thiazole rings is 1. The zero-order chi connectivity index (χ0) is 15.4. The van der Waals surface area contributed by atoms with Crippen LogP contribution in [0.2, 0.25) is 0 Å². The smallest absolute Gasteiger partial charge is 0.230 e. The van der Waals surface area contributed by atoms with Crippen LogP contribution in [0.3, 0.4) is 0 Å². The van der Waals surface area contributed by atoms with Crippen molar-refractivity contribution in [1.82, 2.24) is 9.38 Å². The van der Waals surface area contributed by atoms with Crippen LogP contribution >= 0.6 is 11.3 Å². The molecule has 1 aromatic carbocycles. The van der Waals surface area contributed by atoms with Crippen LogP contribution in [-0.2, 0) is 11.2 Å². The fourth-order valence-corrected chi connectivity index (χ4v) is 2.75. The summed E-state index contributed by atoms with van der Waals surface area (Å²) < 4.78 is 7.16. The number of hydrogen-bond acceptors (Lipinski definition) is 5. The molecule has 0 bridgehead atoms. The Hall–Kier alpha value is -2.38. The van der Waals surface area contributed by atoms with Gasteiger partial charge in [0.2, 0.25) is 5.91 Å². The second kappa shape index (κ2) is 6.59. The van der Waals surface area contributed by atoms with Crippen LogP contribution in [0.1, 0.15) is 5.69 Å². The van der Waals surface area contributed by atoms with E-state index in [0.717, 1.165) is 10.7 Å². The Morgan fingerprint density at radius 1 is 1.36 bits per heavy atom. The molecule has 3 aromatic rings. The summed E-state index contributed by atoms with van der Waals surface area (Å²) in [5.41, 5.74) is 1.44. The maximum Gasteiger partial charge on any atom is 0.230 e. The molecule has 0 saturated heterocycles. The maximum absolute atomic E-state index is 12.0. The highest BCUT2D eigenvalue weighted by Gasteiger charge is 2.08. The number of fused-ring (bicyclic) bond motifs is 1. The summed E-state index contributed by atoms with van der Waals surface area (Å²) in [6.45, 7) is 0.226. The quantitative estimate of drug-likeness (QED) is 0.728. The van der Waals surface area contributed by atoms with Crippen LogP contribution in [0.15, 0.2) is 42.0 Å². The number of nitrogens with one attached hydrogen (secondary N) is 1. The van der Waals surface area contributed by atoms with Crippen molar-refractivity contribution in [3.8, 4) is 5.75 Å². The summed E-state index contributed by atoms with van der Waals surface area (Å²) in [4.78, 5) is 17.3. The summed E-state index contributed by atoms with van der Waals surface area (Å²) >= 11 is 1.54. The third-order valence-electron chi connectivity index (χ3n) is 2.98. The lowest BCUT2D eigenvalue weighted by Gasteiger charge is -2.07. The fourth-order valence-electron chi connectivity index (χ4n) is 2.03. The van der Waals surface area contributed by atoms with Crippen molar-refractivity contribution in [2.45, 2.75) is 6.42 Å². The minimum absolute atomic E-state index is 0.0272. The number of anilines is 1. The Kier molecular flexibility index (Phi) is 4.36. The Morgan fingerprint density at radius 2 is 2.18 bits per heavy atom. The lowest BCUT2D eigenvalue weighted by molar-refractivity contribution is -0.115. The van der Waals surface area contributed by atoms with E-state index in [4.69, 9.17) is 9.84 Å². The monoisotopic (exact) mass is 317 g/mol. The topological polar surface area (TPSA) is 75.9 Å². The second-order valence-corrected chi connectivity index (χ2v) is 5.52. The molecule has 0 radical (unpaired) electrons. The molecule has 0 spiro atoms. The highest BCUT2D eigenvalue weighted by Crippen LogP contribution is 2.16. The SMILES string of the molecule is O=C(Cc1cn2ccsc2n1)Nc1ccc(OCCO)cc1. The predicted molar refractivity (Wildman–Crippen MR) is 84.4 cm³/mol. The molecule has 2 N–H and O–H groups in total. The summed E-state index contributed by atoms with van der Waals surface area (Å²) in [5.74, 6) is 0.538. The number of hydrogen-bond donors (Lipinski definition) is 2. The minimum Gasteiger partial charge on any atom is -0.491 e. The Labute approximate surface area is 131 Å². The number of carbonyl (C=O) groups is 1. The number of benzene rings is 1. The van der Waals surface area contributed by atoms with Gasteiger partial charge in [0.05, 0.1) is 18.7 Å². The molecule has 114 valence electrons. The molecule has 2 aromatic heterocycles. The predicted octanol–water partition coefficient (Wildman–Crippen LogP) is 1.95. The number of amides is 1. The number of aliphatic hydroxyl groups excluding tert-OH is 1. The van der Waals surface area contributed by atoms with Crippen LogP contribution in [0.25, 0.3) is 4.96 Å². The molecule has 3 rings (SSSR count). The van der Waals surface area contributed by atoms with Gasteiger partial charge in [0.15, 0.2) is 4.96 Å². The number of imidazole rings is 1. The summed E-state index contributed by atoms with van der Waals surface area (Å²) in [5, 5.41) is 13.5. The van der Waals surface area contributed by atoms with E-state index in [1.54, 1.807) is 24.3 Å². The Balaban J connectivity index is 1.57. The number of carbonyl (C=O) groups excluding carboxylic acids is 1. The highest BCUT2D eigenvalue weighted by molar-refractivity contribution is 7.15. The van der Waals surface area contributed by atoms with Gasteiger partial charge < -0.3 is 15.2 Å². The standard InChI is InChI=1S/C15H15N3O3S/c19-6-7-21-13-3-1-11(2-4-13)16-14(20)9-12-10-18-5-8-22-15(18)17-12/h1-5,8,10,19H,6-7,9H2,(H,16,20). The van der Waals surface area contributed by atoms with E-state index in [2.05, 4.69) is 10.3 Å². The Morgan fingerprint density at radius 3 is 2.91 bits per heavy atom.